The summed E-state index contributed by atoms with van der Waals surface area (Å²) in [6.45, 7) is -0.0408. The van der Waals surface area contributed by atoms with E-state index in [0.717, 1.165) is 12.1 Å². The third kappa shape index (κ3) is 2.95. The summed E-state index contributed by atoms with van der Waals surface area (Å²) in [7, 11) is 0. The molecule has 104 valence electrons. The number of hydrogen-bond acceptors (Lipinski definition) is 5. The second-order valence-electron chi connectivity index (χ2n) is 4.03. The lowest BCUT2D eigenvalue weighted by molar-refractivity contribution is 0.0472. The molecule has 6 heteroatoms. The van der Waals surface area contributed by atoms with E-state index in [2.05, 4.69) is 0 Å². The maximum Gasteiger partial charge on any atom is 0.338 e. The summed E-state index contributed by atoms with van der Waals surface area (Å²) in [5.74, 6) is -2.65. The van der Waals surface area contributed by atoms with Gasteiger partial charge in [-0.2, -0.15) is 0 Å². The zero-order valence-corrected chi connectivity index (χ0v) is 11.0. The van der Waals surface area contributed by atoms with Crippen LogP contribution in [0.25, 0.3) is 0 Å². The molecule has 0 amide bonds. The first-order chi connectivity index (χ1) is 9.49. The lowest BCUT2D eigenvalue weighted by Crippen LogP contribution is -2.05. The average Bonchev–Trinajstić information content (AvgIpc) is 2.43. The molecule has 0 saturated carbocycles. The van der Waals surface area contributed by atoms with Crippen LogP contribution in [0.3, 0.4) is 0 Å². The van der Waals surface area contributed by atoms with E-state index in [-0.39, 0.29) is 12.2 Å². The minimum absolute atomic E-state index is 0.0408. The summed E-state index contributed by atoms with van der Waals surface area (Å²) < 4.78 is 5.02. The highest BCUT2D eigenvalue weighted by Crippen LogP contribution is 2.35. The van der Waals surface area contributed by atoms with E-state index >= 15 is 0 Å². The third-order valence-electron chi connectivity index (χ3n) is 2.62. The van der Waals surface area contributed by atoms with Gasteiger partial charge in [0.05, 0.1) is 5.56 Å². The molecule has 0 aromatic heterocycles. The van der Waals surface area contributed by atoms with Crippen molar-refractivity contribution in [3.63, 3.8) is 0 Å². The fourth-order valence-electron chi connectivity index (χ4n) is 1.56. The molecule has 0 atom stereocenters. The molecule has 2 aromatic rings. The molecular weight excluding hydrogens is 284 g/mol. The van der Waals surface area contributed by atoms with Crippen LogP contribution in [0.1, 0.15) is 15.9 Å². The van der Waals surface area contributed by atoms with Gasteiger partial charge in [0, 0.05) is 10.6 Å². The van der Waals surface area contributed by atoms with E-state index in [9.17, 15) is 20.1 Å². The molecule has 2 rings (SSSR count). The second-order valence-corrected chi connectivity index (χ2v) is 4.44. The standard InChI is InChI=1S/C14H11ClO5/c15-10-4-2-1-3-8(10)7-20-14(19)9-5-11(16)13(18)12(17)6-9/h1-6,16-18H,7H2. The molecular formula is C14H11ClO5. The highest BCUT2D eigenvalue weighted by atomic mass is 35.5. The molecule has 20 heavy (non-hydrogen) atoms. The number of carbonyl (C=O) groups is 1. The number of phenolic OH excluding ortho intramolecular Hbond substituents is 3. The summed E-state index contributed by atoms with van der Waals surface area (Å²) >= 11 is 5.92. The molecule has 0 unspecified atom stereocenters. The van der Waals surface area contributed by atoms with E-state index < -0.39 is 23.2 Å². The van der Waals surface area contributed by atoms with Crippen molar-refractivity contribution in [3.8, 4) is 17.2 Å². The van der Waals surface area contributed by atoms with Gasteiger partial charge in [0.25, 0.3) is 0 Å². The molecule has 0 bridgehead atoms. The van der Waals surface area contributed by atoms with Crippen LogP contribution in [-0.4, -0.2) is 21.3 Å². The van der Waals surface area contributed by atoms with Gasteiger partial charge in [0.1, 0.15) is 6.61 Å². The number of rotatable bonds is 3. The molecule has 0 aliphatic carbocycles. The maximum absolute atomic E-state index is 11.8. The van der Waals surface area contributed by atoms with Gasteiger partial charge >= 0.3 is 5.97 Å². The molecule has 0 saturated heterocycles. The number of carbonyl (C=O) groups excluding carboxylic acids is 1. The summed E-state index contributed by atoms with van der Waals surface area (Å²) in [5.41, 5.74) is 0.555. The second kappa shape index (κ2) is 5.71. The fraction of sp³-hybridized carbons (Fsp3) is 0.0714. The van der Waals surface area contributed by atoms with Crippen molar-refractivity contribution < 1.29 is 24.9 Å². The molecule has 0 aliphatic rings. The van der Waals surface area contributed by atoms with Gasteiger partial charge in [-0.3, -0.25) is 0 Å². The molecule has 5 nitrogen and oxygen atoms in total. The first-order valence-corrected chi connectivity index (χ1v) is 6.02. The van der Waals surface area contributed by atoms with Crippen molar-refractivity contribution in [3.05, 3.63) is 52.5 Å². The van der Waals surface area contributed by atoms with E-state index in [1.807, 2.05) is 0 Å². The van der Waals surface area contributed by atoms with Crippen LogP contribution < -0.4 is 0 Å². The summed E-state index contributed by atoms with van der Waals surface area (Å²) in [6.07, 6.45) is 0. The lowest BCUT2D eigenvalue weighted by Gasteiger charge is -2.08. The lowest BCUT2D eigenvalue weighted by atomic mass is 10.2. The summed E-state index contributed by atoms with van der Waals surface area (Å²) in [5, 5.41) is 28.3. The Morgan fingerprint density at radius 1 is 1.10 bits per heavy atom. The Hall–Kier alpha value is -2.40. The van der Waals surface area contributed by atoms with Crippen LogP contribution >= 0.6 is 11.6 Å². The maximum atomic E-state index is 11.8. The molecule has 0 radical (unpaired) electrons. The van der Waals surface area contributed by atoms with E-state index in [1.54, 1.807) is 24.3 Å². The molecule has 0 spiro atoms. The molecule has 3 N–H and O–H groups in total. The average molecular weight is 295 g/mol. The number of aromatic hydroxyl groups is 3. The van der Waals surface area contributed by atoms with Gasteiger partial charge in [0.2, 0.25) is 0 Å². The molecule has 0 fully saturated rings. The minimum atomic E-state index is -0.754. The molecule has 0 aliphatic heterocycles. The summed E-state index contributed by atoms with van der Waals surface area (Å²) in [4.78, 5) is 11.8. The van der Waals surface area contributed by atoms with Gasteiger partial charge in [-0.25, -0.2) is 4.79 Å². The number of halogens is 1. The van der Waals surface area contributed by atoms with E-state index in [4.69, 9.17) is 16.3 Å². The van der Waals surface area contributed by atoms with Crippen molar-refractivity contribution in [2.24, 2.45) is 0 Å². The van der Waals surface area contributed by atoms with Crippen LogP contribution in [0.15, 0.2) is 36.4 Å². The quantitative estimate of drug-likeness (QED) is 0.598. The number of benzene rings is 2. The van der Waals surface area contributed by atoms with Crippen molar-refractivity contribution in [2.75, 3.05) is 0 Å². The van der Waals surface area contributed by atoms with Gasteiger partial charge in [0.15, 0.2) is 17.2 Å². The van der Waals surface area contributed by atoms with Crippen LogP contribution in [0, 0.1) is 0 Å². The van der Waals surface area contributed by atoms with Crippen LogP contribution in [0.5, 0.6) is 17.2 Å². The third-order valence-corrected chi connectivity index (χ3v) is 2.99. The zero-order valence-electron chi connectivity index (χ0n) is 10.2. The number of esters is 1. The van der Waals surface area contributed by atoms with Crippen molar-refractivity contribution in [2.45, 2.75) is 6.61 Å². The van der Waals surface area contributed by atoms with Crippen LogP contribution in [0.4, 0.5) is 0 Å². The van der Waals surface area contributed by atoms with Gasteiger partial charge in [-0.05, 0) is 18.2 Å². The highest BCUT2D eigenvalue weighted by molar-refractivity contribution is 6.31. The molecule has 2 aromatic carbocycles. The highest BCUT2D eigenvalue weighted by Gasteiger charge is 2.15. The van der Waals surface area contributed by atoms with Gasteiger partial charge in [-0.15, -0.1) is 0 Å². The Morgan fingerprint density at radius 3 is 2.30 bits per heavy atom. The van der Waals surface area contributed by atoms with Gasteiger partial charge in [-0.1, -0.05) is 29.8 Å². The largest absolute Gasteiger partial charge is 0.504 e. The number of hydrogen-bond donors (Lipinski definition) is 3. The van der Waals surface area contributed by atoms with Gasteiger partial charge < -0.3 is 20.1 Å². The van der Waals surface area contributed by atoms with E-state index in [1.165, 1.54) is 0 Å². The normalized spacial score (nSPS) is 10.2. The first kappa shape index (κ1) is 14.0. The summed E-state index contributed by atoms with van der Waals surface area (Å²) in [6, 6.07) is 8.90. The SMILES string of the molecule is O=C(OCc1ccccc1Cl)c1cc(O)c(O)c(O)c1. The Bertz CT molecular complexity index is 631. The Kier molecular flexibility index (Phi) is 4.00. The Balaban J connectivity index is 2.11. The number of ether oxygens (including phenoxy) is 1. The van der Waals surface area contributed by atoms with Crippen LogP contribution in [-0.2, 0) is 11.3 Å². The monoisotopic (exact) mass is 294 g/mol. The molecule has 0 heterocycles. The zero-order chi connectivity index (χ0) is 14.7. The smallest absolute Gasteiger partial charge is 0.338 e. The topological polar surface area (TPSA) is 87.0 Å². The first-order valence-electron chi connectivity index (χ1n) is 5.64. The fourth-order valence-corrected chi connectivity index (χ4v) is 1.75. The predicted molar refractivity (Wildman–Crippen MR) is 72.0 cm³/mol. The number of phenols is 3. The Labute approximate surface area is 119 Å². The minimum Gasteiger partial charge on any atom is -0.504 e. The van der Waals surface area contributed by atoms with E-state index in [0.29, 0.717) is 10.6 Å². The predicted octanol–water partition coefficient (Wildman–Crippen LogP) is 2.81. The van der Waals surface area contributed by atoms with Crippen molar-refractivity contribution in [1.82, 2.24) is 0 Å². The Morgan fingerprint density at radius 2 is 1.70 bits per heavy atom. The van der Waals surface area contributed by atoms with Crippen molar-refractivity contribution in [1.29, 1.82) is 0 Å². The van der Waals surface area contributed by atoms with Crippen LogP contribution in [0.2, 0.25) is 5.02 Å². The van der Waals surface area contributed by atoms with Crippen molar-refractivity contribution >= 4 is 17.6 Å².